The first kappa shape index (κ1) is 14.0. The molecule has 0 aliphatic carbocycles. The number of fused-ring (bicyclic) bond motifs is 1. The fourth-order valence-corrected chi connectivity index (χ4v) is 3.73. The molecule has 1 atom stereocenters. The smallest absolute Gasteiger partial charge is 0.338 e. The van der Waals surface area contributed by atoms with Crippen molar-refractivity contribution in [3.63, 3.8) is 0 Å². The molecule has 0 saturated heterocycles. The number of nitrogen functional groups attached to an aromatic ring is 1. The highest BCUT2D eigenvalue weighted by Gasteiger charge is 2.24. The summed E-state index contributed by atoms with van der Waals surface area (Å²) >= 11 is 1.82. The van der Waals surface area contributed by atoms with Crippen LogP contribution in [0.5, 0.6) is 0 Å². The third kappa shape index (κ3) is 2.76. The zero-order valence-electron chi connectivity index (χ0n) is 11.8. The molecule has 2 aromatic rings. The zero-order chi connectivity index (χ0) is 14.8. The maximum absolute atomic E-state index is 12.2. The maximum atomic E-state index is 12.2. The quantitative estimate of drug-likeness (QED) is 0.694. The molecule has 0 aromatic heterocycles. The normalized spacial score (nSPS) is 16.5. The van der Waals surface area contributed by atoms with Gasteiger partial charge in [-0.25, -0.2) is 4.79 Å². The van der Waals surface area contributed by atoms with Crippen LogP contribution in [0.15, 0.2) is 47.4 Å². The molecule has 2 aromatic carbocycles. The van der Waals surface area contributed by atoms with Crippen LogP contribution in [0.3, 0.4) is 0 Å². The lowest BCUT2D eigenvalue weighted by Gasteiger charge is -2.13. The summed E-state index contributed by atoms with van der Waals surface area (Å²) < 4.78 is 5.50. The van der Waals surface area contributed by atoms with Crippen molar-refractivity contribution in [3.8, 4) is 0 Å². The molecule has 0 fully saturated rings. The molecule has 0 bridgehead atoms. The van der Waals surface area contributed by atoms with Gasteiger partial charge in [-0.3, -0.25) is 0 Å². The third-order valence-corrected chi connectivity index (χ3v) is 5.06. The summed E-state index contributed by atoms with van der Waals surface area (Å²) in [6.07, 6.45) is 0. The topological polar surface area (TPSA) is 52.3 Å². The fourth-order valence-electron chi connectivity index (χ4n) is 2.50. The van der Waals surface area contributed by atoms with Crippen molar-refractivity contribution in [1.29, 1.82) is 0 Å². The van der Waals surface area contributed by atoms with Crippen LogP contribution in [0, 0.1) is 6.92 Å². The van der Waals surface area contributed by atoms with Crippen molar-refractivity contribution in [1.82, 2.24) is 0 Å². The Labute approximate surface area is 128 Å². The SMILES string of the molecule is Cc1c(N)cccc1C(=O)OCC1CSc2ccccc21. The Bertz CT molecular complexity index is 684. The van der Waals surface area contributed by atoms with Crippen molar-refractivity contribution in [3.05, 3.63) is 59.2 Å². The van der Waals surface area contributed by atoms with E-state index in [-0.39, 0.29) is 11.9 Å². The second kappa shape index (κ2) is 5.82. The highest BCUT2D eigenvalue weighted by atomic mass is 32.2. The number of nitrogens with two attached hydrogens (primary N) is 1. The van der Waals surface area contributed by atoms with Crippen molar-refractivity contribution in [2.75, 3.05) is 18.1 Å². The van der Waals surface area contributed by atoms with E-state index in [0.29, 0.717) is 17.9 Å². The number of benzene rings is 2. The zero-order valence-corrected chi connectivity index (χ0v) is 12.7. The van der Waals surface area contributed by atoms with E-state index in [0.717, 1.165) is 11.3 Å². The number of thioether (sulfide) groups is 1. The minimum absolute atomic E-state index is 0.275. The number of carbonyl (C=O) groups is 1. The van der Waals surface area contributed by atoms with Crippen LogP contribution < -0.4 is 5.73 Å². The first-order chi connectivity index (χ1) is 10.2. The molecule has 3 rings (SSSR count). The van der Waals surface area contributed by atoms with Crippen LogP contribution in [-0.2, 0) is 4.74 Å². The van der Waals surface area contributed by atoms with Crippen molar-refractivity contribution in [2.45, 2.75) is 17.7 Å². The molecule has 3 nitrogen and oxygen atoms in total. The summed E-state index contributed by atoms with van der Waals surface area (Å²) in [7, 11) is 0. The van der Waals surface area contributed by atoms with Gasteiger partial charge in [-0.2, -0.15) is 0 Å². The molecule has 21 heavy (non-hydrogen) atoms. The number of anilines is 1. The van der Waals surface area contributed by atoms with Crippen molar-refractivity contribution < 1.29 is 9.53 Å². The highest BCUT2D eigenvalue weighted by Crippen LogP contribution is 2.39. The minimum Gasteiger partial charge on any atom is -0.461 e. The maximum Gasteiger partial charge on any atom is 0.338 e. The highest BCUT2D eigenvalue weighted by molar-refractivity contribution is 7.99. The van der Waals surface area contributed by atoms with Gasteiger partial charge < -0.3 is 10.5 Å². The van der Waals surface area contributed by atoms with Gasteiger partial charge in [0.25, 0.3) is 0 Å². The molecule has 108 valence electrons. The molecule has 1 aliphatic heterocycles. The number of hydrogen-bond donors (Lipinski definition) is 1. The fraction of sp³-hybridized carbons (Fsp3) is 0.235. The molecule has 1 unspecified atom stereocenters. The lowest BCUT2D eigenvalue weighted by molar-refractivity contribution is 0.0486. The molecule has 0 amide bonds. The largest absolute Gasteiger partial charge is 0.461 e. The van der Waals surface area contributed by atoms with Gasteiger partial charge in [-0.05, 0) is 36.2 Å². The van der Waals surface area contributed by atoms with E-state index in [9.17, 15) is 4.79 Å². The van der Waals surface area contributed by atoms with Crippen LogP contribution in [0.4, 0.5) is 5.69 Å². The number of esters is 1. The molecule has 4 heteroatoms. The molecular weight excluding hydrogens is 282 g/mol. The van der Waals surface area contributed by atoms with Gasteiger partial charge in [0.15, 0.2) is 0 Å². The number of ether oxygens (including phenoxy) is 1. The second-order valence-electron chi connectivity index (χ2n) is 5.16. The van der Waals surface area contributed by atoms with Gasteiger partial charge in [-0.15, -0.1) is 11.8 Å². The van der Waals surface area contributed by atoms with E-state index in [4.69, 9.17) is 10.5 Å². The van der Waals surface area contributed by atoms with Gasteiger partial charge in [0, 0.05) is 22.3 Å². The third-order valence-electron chi connectivity index (χ3n) is 3.81. The summed E-state index contributed by atoms with van der Waals surface area (Å²) in [6.45, 7) is 2.25. The number of hydrogen-bond acceptors (Lipinski definition) is 4. The van der Waals surface area contributed by atoms with E-state index >= 15 is 0 Å². The molecule has 0 spiro atoms. The lowest BCUT2D eigenvalue weighted by atomic mass is 10.0. The lowest BCUT2D eigenvalue weighted by Crippen LogP contribution is -2.14. The standard InChI is InChI=1S/C17H17NO2S/c1-11-13(6-4-7-15(11)18)17(19)20-9-12-10-21-16-8-3-2-5-14(12)16/h2-8,12H,9-10,18H2,1H3. The van der Waals surface area contributed by atoms with Gasteiger partial charge in [-0.1, -0.05) is 24.3 Å². The Morgan fingerprint density at radius 3 is 2.95 bits per heavy atom. The van der Waals surface area contributed by atoms with E-state index < -0.39 is 0 Å². The van der Waals surface area contributed by atoms with E-state index in [1.165, 1.54) is 10.5 Å². The van der Waals surface area contributed by atoms with Crippen LogP contribution in [0.2, 0.25) is 0 Å². The average Bonchev–Trinajstić information content (AvgIpc) is 2.91. The summed E-state index contributed by atoms with van der Waals surface area (Å²) in [5.41, 5.74) is 9.05. The van der Waals surface area contributed by atoms with Gasteiger partial charge >= 0.3 is 5.97 Å². The van der Waals surface area contributed by atoms with Crippen LogP contribution in [0.1, 0.15) is 27.4 Å². The predicted octanol–water partition coefficient (Wildman–Crippen LogP) is 3.62. The first-order valence-corrected chi connectivity index (χ1v) is 7.89. The summed E-state index contributed by atoms with van der Waals surface area (Å²) in [5.74, 6) is 0.938. The van der Waals surface area contributed by atoms with E-state index in [1.807, 2.05) is 30.8 Å². The molecular formula is C17H17NO2S. The second-order valence-corrected chi connectivity index (χ2v) is 6.23. The van der Waals surface area contributed by atoms with E-state index in [1.54, 1.807) is 18.2 Å². The Morgan fingerprint density at radius 2 is 2.10 bits per heavy atom. The van der Waals surface area contributed by atoms with Gasteiger partial charge in [0.2, 0.25) is 0 Å². The average molecular weight is 299 g/mol. The van der Waals surface area contributed by atoms with Crippen LogP contribution in [-0.4, -0.2) is 18.3 Å². The van der Waals surface area contributed by atoms with E-state index in [2.05, 4.69) is 12.1 Å². The Kier molecular flexibility index (Phi) is 3.88. The number of rotatable bonds is 3. The summed E-state index contributed by atoms with van der Waals surface area (Å²) in [6, 6.07) is 13.6. The van der Waals surface area contributed by atoms with Gasteiger partial charge in [0.05, 0.1) is 12.2 Å². The van der Waals surface area contributed by atoms with Crippen LogP contribution >= 0.6 is 11.8 Å². The minimum atomic E-state index is -0.297. The predicted molar refractivity (Wildman–Crippen MR) is 85.8 cm³/mol. The van der Waals surface area contributed by atoms with Crippen LogP contribution in [0.25, 0.3) is 0 Å². The Hall–Kier alpha value is -1.94. The summed E-state index contributed by atoms with van der Waals surface area (Å²) in [4.78, 5) is 13.5. The Balaban J connectivity index is 1.69. The number of carbonyl (C=O) groups excluding carboxylic acids is 1. The van der Waals surface area contributed by atoms with Gasteiger partial charge in [0.1, 0.15) is 0 Å². The first-order valence-electron chi connectivity index (χ1n) is 6.90. The molecule has 1 aliphatic rings. The Morgan fingerprint density at radius 1 is 1.29 bits per heavy atom. The molecule has 1 heterocycles. The molecule has 0 saturated carbocycles. The summed E-state index contributed by atoms with van der Waals surface area (Å²) in [5, 5.41) is 0. The van der Waals surface area contributed by atoms with Crippen molar-refractivity contribution >= 4 is 23.4 Å². The van der Waals surface area contributed by atoms with Crippen molar-refractivity contribution in [2.24, 2.45) is 0 Å². The monoisotopic (exact) mass is 299 g/mol. The molecule has 2 N–H and O–H groups in total. The molecule has 0 radical (unpaired) electrons.